The minimum atomic E-state index is -0.465. The first kappa shape index (κ1) is 11.5. The van der Waals surface area contributed by atoms with Gasteiger partial charge in [0.2, 0.25) is 5.88 Å². The van der Waals surface area contributed by atoms with Crippen molar-refractivity contribution in [2.45, 2.75) is 0 Å². The van der Waals surface area contributed by atoms with Crippen LogP contribution in [0.15, 0.2) is 42.0 Å². The van der Waals surface area contributed by atoms with E-state index in [1.165, 1.54) is 29.8 Å². The number of fused-ring (bicyclic) bond motifs is 1. The maximum atomic E-state index is 10.7. The molecule has 0 radical (unpaired) electrons. The summed E-state index contributed by atoms with van der Waals surface area (Å²) in [5, 5.41) is 13.4. The fourth-order valence-electron chi connectivity index (χ4n) is 1.62. The van der Waals surface area contributed by atoms with Crippen molar-refractivity contribution in [2.24, 2.45) is 0 Å². The van der Waals surface area contributed by atoms with E-state index in [2.05, 4.69) is 9.97 Å². The van der Waals surface area contributed by atoms with Gasteiger partial charge in [0.05, 0.1) is 16.4 Å². The largest absolute Gasteiger partial charge is 0.438 e. The average Bonchev–Trinajstić information content (AvgIpc) is 2.88. The van der Waals surface area contributed by atoms with E-state index in [-0.39, 0.29) is 5.69 Å². The maximum absolute atomic E-state index is 10.7. The Bertz CT molecular complexity index is 757. The van der Waals surface area contributed by atoms with Crippen LogP contribution in [0.3, 0.4) is 0 Å². The molecule has 3 aromatic rings. The Morgan fingerprint density at radius 1 is 1.26 bits per heavy atom. The highest BCUT2D eigenvalue weighted by molar-refractivity contribution is 7.16. The zero-order valence-electron chi connectivity index (χ0n) is 9.52. The first-order valence-corrected chi connectivity index (χ1v) is 6.22. The van der Waals surface area contributed by atoms with Crippen LogP contribution >= 0.6 is 11.3 Å². The minimum Gasteiger partial charge on any atom is -0.438 e. The molecule has 0 unspecified atom stereocenters. The Balaban J connectivity index is 1.99. The van der Waals surface area contributed by atoms with E-state index in [1.807, 2.05) is 11.4 Å². The van der Waals surface area contributed by atoms with Gasteiger partial charge in [-0.05, 0) is 17.5 Å². The smallest absolute Gasteiger partial charge is 0.273 e. The summed E-state index contributed by atoms with van der Waals surface area (Å²) in [4.78, 5) is 19.2. The van der Waals surface area contributed by atoms with E-state index in [0.29, 0.717) is 11.6 Å². The lowest BCUT2D eigenvalue weighted by atomic mass is 10.3. The van der Waals surface area contributed by atoms with E-state index in [4.69, 9.17) is 4.74 Å². The normalized spacial score (nSPS) is 10.5. The highest BCUT2D eigenvalue weighted by Crippen LogP contribution is 2.30. The van der Waals surface area contributed by atoms with Gasteiger partial charge in [0.25, 0.3) is 5.69 Å². The van der Waals surface area contributed by atoms with Gasteiger partial charge in [0, 0.05) is 6.07 Å². The molecule has 2 aromatic heterocycles. The van der Waals surface area contributed by atoms with Crippen LogP contribution in [0.1, 0.15) is 0 Å². The van der Waals surface area contributed by atoms with Gasteiger partial charge in [0.1, 0.15) is 16.9 Å². The van der Waals surface area contributed by atoms with Crippen LogP contribution < -0.4 is 4.74 Å². The van der Waals surface area contributed by atoms with Crippen LogP contribution in [0.2, 0.25) is 0 Å². The number of hydrogen-bond donors (Lipinski definition) is 0. The van der Waals surface area contributed by atoms with Gasteiger partial charge in [-0.1, -0.05) is 6.07 Å². The quantitative estimate of drug-likeness (QED) is 0.540. The Morgan fingerprint density at radius 3 is 3.00 bits per heavy atom. The second-order valence-electron chi connectivity index (χ2n) is 3.67. The van der Waals surface area contributed by atoms with Crippen LogP contribution in [0.25, 0.3) is 10.2 Å². The van der Waals surface area contributed by atoms with Crippen molar-refractivity contribution in [3.05, 3.63) is 52.2 Å². The highest BCUT2D eigenvalue weighted by atomic mass is 32.1. The first-order chi connectivity index (χ1) is 9.24. The SMILES string of the molecule is O=[N+]([O-])c1cccc(Oc2ncnc3sccc23)c1. The second kappa shape index (κ2) is 4.62. The summed E-state index contributed by atoms with van der Waals surface area (Å²) >= 11 is 1.48. The number of ether oxygens (including phenoxy) is 1. The Labute approximate surface area is 111 Å². The molecule has 3 rings (SSSR count). The molecule has 0 amide bonds. The molecular formula is C12H7N3O3S. The number of rotatable bonds is 3. The second-order valence-corrected chi connectivity index (χ2v) is 4.57. The third kappa shape index (κ3) is 2.23. The number of hydrogen-bond acceptors (Lipinski definition) is 6. The number of thiophene rings is 1. The lowest BCUT2D eigenvalue weighted by Gasteiger charge is -2.04. The maximum Gasteiger partial charge on any atom is 0.273 e. The molecule has 0 saturated carbocycles. The van der Waals surface area contributed by atoms with Crippen molar-refractivity contribution < 1.29 is 9.66 Å². The lowest BCUT2D eigenvalue weighted by molar-refractivity contribution is -0.384. The molecule has 0 aliphatic rings. The van der Waals surface area contributed by atoms with Crippen molar-refractivity contribution in [2.75, 3.05) is 0 Å². The fraction of sp³-hybridized carbons (Fsp3) is 0. The van der Waals surface area contributed by atoms with Gasteiger partial charge >= 0.3 is 0 Å². The average molecular weight is 273 g/mol. The fourth-order valence-corrected chi connectivity index (χ4v) is 2.34. The molecule has 0 atom stereocenters. The van der Waals surface area contributed by atoms with Crippen LogP contribution in [-0.2, 0) is 0 Å². The summed E-state index contributed by atoms with van der Waals surface area (Å²) in [7, 11) is 0. The van der Waals surface area contributed by atoms with Crippen molar-refractivity contribution in [1.29, 1.82) is 0 Å². The number of non-ortho nitro benzene ring substituents is 1. The molecule has 0 fully saturated rings. The summed E-state index contributed by atoms with van der Waals surface area (Å²) in [6, 6.07) is 7.84. The summed E-state index contributed by atoms with van der Waals surface area (Å²) in [6.07, 6.45) is 1.41. The monoisotopic (exact) mass is 273 g/mol. The summed E-state index contributed by atoms with van der Waals surface area (Å²) in [5.74, 6) is 0.771. The van der Waals surface area contributed by atoms with E-state index >= 15 is 0 Å². The predicted molar refractivity (Wildman–Crippen MR) is 70.6 cm³/mol. The van der Waals surface area contributed by atoms with Crippen LogP contribution in [0, 0.1) is 10.1 Å². The third-order valence-corrected chi connectivity index (χ3v) is 3.29. The molecule has 0 aliphatic heterocycles. The molecule has 0 aliphatic carbocycles. The van der Waals surface area contributed by atoms with Gasteiger partial charge in [-0.15, -0.1) is 11.3 Å². The zero-order chi connectivity index (χ0) is 13.2. The molecule has 0 saturated heterocycles. The first-order valence-electron chi connectivity index (χ1n) is 5.34. The number of nitrogens with zero attached hydrogens (tertiary/aromatic N) is 3. The minimum absolute atomic E-state index is 0.0203. The molecule has 0 spiro atoms. The molecule has 7 heteroatoms. The summed E-state index contributed by atoms with van der Waals surface area (Å²) in [6.45, 7) is 0. The van der Waals surface area contributed by atoms with Gasteiger partial charge in [-0.3, -0.25) is 10.1 Å². The molecule has 0 N–H and O–H groups in total. The highest BCUT2D eigenvalue weighted by Gasteiger charge is 2.10. The molecule has 0 bridgehead atoms. The van der Waals surface area contributed by atoms with E-state index in [1.54, 1.807) is 12.1 Å². The van der Waals surface area contributed by atoms with Crippen LogP contribution in [0.5, 0.6) is 11.6 Å². The van der Waals surface area contributed by atoms with Gasteiger partial charge < -0.3 is 4.74 Å². The van der Waals surface area contributed by atoms with Gasteiger partial charge in [-0.2, -0.15) is 0 Å². The topological polar surface area (TPSA) is 78.2 Å². The third-order valence-electron chi connectivity index (χ3n) is 2.47. The summed E-state index contributed by atoms with van der Waals surface area (Å²) in [5.41, 5.74) is -0.0203. The number of nitro benzene ring substituents is 1. The van der Waals surface area contributed by atoms with Crippen molar-refractivity contribution in [3.8, 4) is 11.6 Å². The molecule has 1 aromatic carbocycles. The number of aromatic nitrogens is 2. The molecule has 19 heavy (non-hydrogen) atoms. The number of nitro groups is 1. The van der Waals surface area contributed by atoms with E-state index < -0.39 is 4.92 Å². The Hall–Kier alpha value is -2.54. The summed E-state index contributed by atoms with van der Waals surface area (Å²) < 4.78 is 5.59. The number of benzene rings is 1. The van der Waals surface area contributed by atoms with Gasteiger partial charge in [0.15, 0.2) is 0 Å². The Morgan fingerprint density at radius 2 is 2.16 bits per heavy atom. The Kier molecular flexibility index (Phi) is 2.81. The molecular weight excluding hydrogens is 266 g/mol. The van der Waals surface area contributed by atoms with Gasteiger partial charge in [-0.25, -0.2) is 9.97 Å². The van der Waals surface area contributed by atoms with Crippen LogP contribution in [-0.4, -0.2) is 14.9 Å². The van der Waals surface area contributed by atoms with E-state index in [0.717, 1.165) is 10.2 Å². The molecule has 2 heterocycles. The van der Waals surface area contributed by atoms with Crippen molar-refractivity contribution >= 4 is 27.2 Å². The van der Waals surface area contributed by atoms with Crippen molar-refractivity contribution in [3.63, 3.8) is 0 Å². The zero-order valence-corrected chi connectivity index (χ0v) is 10.3. The van der Waals surface area contributed by atoms with E-state index in [9.17, 15) is 10.1 Å². The van der Waals surface area contributed by atoms with Crippen molar-refractivity contribution in [1.82, 2.24) is 9.97 Å². The molecule has 94 valence electrons. The molecule has 6 nitrogen and oxygen atoms in total. The lowest BCUT2D eigenvalue weighted by Crippen LogP contribution is -1.91. The van der Waals surface area contributed by atoms with Crippen LogP contribution in [0.4, 0.5) is 5.69 Å². The predicted octanol–water partition coefficient (Wildman–Crippen LogP) is 3.39. The standard InChI is InChI=1S/C12H7N3O3S/c16-15(17)8-2-1-3-9(6-8)18-11-10-4-5-19-12(10)14-7-13-11/h1-7H.